The number of rotatable bonds is 3. The quantitative estimate of drug-likeness (QED) is 0.356. The van der Waals surface area contributed by atoms with Crippen LogP contribution in [-0.2, 0) is 0 Å². The van der Waals surface area contributed by atoms with Gasteiger partial charge in [-0.15, -0.1) is 0 Å². The minimum absolute atomic E-state index is 0.509. The minimum Gasteiger partial charge on any atom is -0.326 e. The maximum absolute atomic E-state index is 11.7. The molecule has 0 aromatic heterocycles. The summed E-state index contributed by atoms with van der Waals surface area (Å²) in [4.78, 5) is 14.3. The van der Waals surface area contributed by atoms with Crippen LogP contribution in [0, 0.1) is 0 Å². The summed E-state index contributed by atoms with van der Waals surface area (Å²) in [5, 5.41) is 4.16. The lowest BCUT2D eigenvalue weighted by Crippen LogP contribution is -2.55. The number of hydrogen-bond donors (Lipinski definition) is 0. The fourth-order valence-corrected chi connectivity index (χ4v) is 3.37. The standard InChI is InChI=1S/C11H16N4OSi/c1-15(2)17(3,4)10-8-6-5-7-9(10)11(16)13-14-12/h5-8H,1-4H3. The molecular weight excluding hydrogens is 232 g/mol. The number of carbonyl (C=O) groups excluding carboxylic acids is 1. The summed E-state index contributed by atoms with van der Waals surface area (Å²) in [7, 11) is 2.14. The number of nitrogens with zero attached hydrogens (tertiary/aromatic N) is 4. The molecular formula is C11H16N4OSi. The molecule has 0 spiro atoms. The highest BCUT2D eigenvalue weighted by Gasteiger charge is 2.30. The van der Waals surface area contributed by atoms with Gasteiger partial charge in [0, 0.05) is 10.5 Å². The summed E-state index contributed by atoms with van der Waals surface area (Å²) < 4.78 is 2.15. The van der Waals surface area contributed by atoms with E-state index in [4.69, 9.17) is 5.53 Å². The van der Waals surface area contributed by atoms with Crippen molar-refractivity contribution in [3.8, 4) is 0 Å². The second-order valence-electron chi connectivity index (χ2n) is 4.49. The van der Waals surface area contributed by atoms with Crippen LogP contribution >= 0.6 is 0 Å². The summed E-state index contributed by atoms with van der Waals surface area (Å²) >= 11 is 0. The van der Waals surface area contributed by atoms with Gasteiger partial charge in [-0.05, 0) is 29.9 Å². The zero-order valence-electron chi connectivity index (χ0n) is 10.5. The number of carbonyl (C=O) groups is 1. The van der Waals surface area contributed by atoms with E-state index in [-0.39, 0.29) is 0 Å². The Balaban J connectivity index is 3.35. The maximum atomic E-state index is 11.7. The first kappa shape index (κ1) is 13.4. The number of azide groups is 1. The molecule has 0 saturated carbocycles. The van der Waals surface area contributed by atoms with Crippen molar-refractivity contribution in [2.24, 2.45) is 5.11 Å². The lowest BCUT2D eigenvalue weighted by Gasteiger charge is -2.31. The molecule has 0 heterocycles. The molecule has 6 heteroatoms. The fraction of sp³-hybridized carbons (Fsp3) is 0.364. The van der Waals surface area contributed by atoms with Crippen molar-refractivity contribution in [1.29, 1.82) is 0 Å². The van der Waals surface area contributed by atoms with Crippen molar-refractivity contribution in [2.45, 2.75) is 13.1 Å². The summed E-state index contributed by atoms with van der Waals surface area (Å²) in [5.41, 5.74) is 8.85. The molecule has 0 unspecified atom stereocenters. The van der Waals surface area contributed by atoms with Gasteiger partial charge in [-0.1, -0.05) is 37.4 Å². The van der Waals surface area contributed by atoms with Gasteiger partial charge < -0.3 is 4.57 Å². The van der Waals surface area contributed by atoms with Gasteiger partial charge in [-0.3, -0.25) is 4.79 Å². The lowest BCUT2D eigenvalue weighted by atomic mass is 10.2. The first-order chi connectivity index (χ1) is 7.91. The molecule has 1 aromatic carbocycles. The second-order valence-corrected chi connectivity index (χ2v) is 9.04. The van der Waals surface area contributed by atoms with Crippen molar-refractivity contribution in [3.05, 3.63) is 40.3 Å². The molecule has 0 aliphatic carbocycles. The summed E-state index contributed by atoms with van der Waals surface area (Å²) in [6.45, 7) is 4.30. The van der Waals surface area contributed by atoms with Gasteiger partial charge in [0.2, 0.25) is 5.91 Å². The van der Waals surface area contributed by atoms with Crippen LogP contribution in [0.3, 0.4) is 0 Å². The predicted molar refractivity (Wildman–Crippen MR) is 70.7 cm³/mol. The molecule has 1 amide bonds. The van der Waals surface area contributed by atoms with Crippen molar-refractivity contribution in [1.82, 2.24) is 4.57 Å². The summed E-state index contributed by atoms with van der Waals surface area (Å²) in [6, 6.07) is 7.33. The lowest BCUT2D eigenvalue weighted by molar-refractivity contribution is 0.100. The number of amides is 1. The Morgan fingerprint density at radius 3 is 2.47 bits per heavy atom. The van der Waals surface area contributed by atoms with E-state index < -0.39 is 14.1 Å². The van der Waals surface area contributed by atoms with Gasteiger partial charge >= 0.3 is 0 Å². The third-order valence-electron chi connectivity index (χ3n) is 3.07. The van der Waals surface area contributed by atoms with Crippen LogP contribution in [0.5, 0.6) is 0 Å². The molecule has 0 atom stereocenters. The van der Waals surface area contributed by atoms with E-state index in [1.807, 2.05) is 26.2 Å². The molecule has 0 bridgehead atoms. The van der Waals surface area contributed by atoms with Crippen molar-refractivity contribution in [2.75, 3.05) is 14.1 Å². The van der Waals surface area contributed by atoms with E-state index in [0.717, 1.165) is 5.19 Å². The first-order valence-electron chi connectivity index (χ1n) is 5.27. The highest BCUT2D eigenvalue weighted by atomic mass is 28.3. The monoisotopic (exact) mass is 248 g/mol. The Morgan fingerprint density at radius 1 is 1.35 bits per heavy atom. The average Bonchev–Trinajstić information content (AvgIpc) is 2.29. The van der Waals surface area contributed by atoms with E-state index >= 15 is 0 Å². The molecule has 5 nitrogen and oxygen atoms in total. The van der Waals surface area contributed by atoms with Crippen molar-refractivity contribution < 1.29 is 4.79 Å². The molecule has 1 rings (SSSR count). The van der Waals surface area contributed by atoms with Gasteiger partial charge in [0.05, 0.1) is 0 Å². The molecule has 0 radical (unpaired) electrons. The predicted octanol–water partition coefficient (Wildman–Crippen LogP) is 2.11. The van der Waals surface area contributed by atoms with E-state index in [1.54, 1.807) is 12.1 Å². The molecule has 0 aliphatic heterocycles. The Morgan fingerprint density at radius 2 is 1.94 bits per heavy atom. The van der Waals surface area contributed by atoms with Gasteiger partial charge in [-0.2, -0.15) is 0 Å². The van der Waals surface area contributed by atoms with Gasteiger partial charge in [0.1, 0.15) is 0 Å². The second kappa shape index (κ2) is 5.14. The van der Waals surface area contributed by atoms with Crippen LogP contribution in [0.1, 0.15) is 10.4 Å². The molecule has 17 heavy (non-hydrogen) atoms. The molecule has 0 fully saturated rings. The van der Waals surface area contributed by atoms with Gasteiger partial charge in [-0.25, -0.2) is 0 Å². The van der Waals surface area contributed by atoms with Crippen LogP contribution in [0.15, 0.2) is 29.4 Å². The third kappa shape index (κ3) is 2.74. The summed E-state index contributed by atoms with van der Waals surface area (Å²) in [6.07, 6.45) is 0. The Bertz CT molecular complexity index is 478. The van der Waals surface area contributed by atoms with E-state index in [0.29, 0.717) is 5.56 Å². The van der Waals surface area contributed by atoms with Crippen LogP contribution in [-0.4, -0.2) is 32.8 Å². The normalized spacial score (nSPS) is 11.1. The van der Waals surface area contributed by atoms with E-state index in [2.05, 4.69) is 27.7 Å². The van der Waals surface area contributed by atoms with Gasteiger partial charge in [0.15, 0.2) is 8.24 Å². The molecule has 1 aromatic rings. The van der Waals surface area contributed by atoms with Crippen molar-refractivity contribution >= 4 is 19.3 Å². The van der Waals surface area contributed by atoms with Gasteiger partial charge in [0.25, 0.3) is 0 Å². The van der Waals surface area contributed by atoms with Crippen LogP contribution in [0.25, 0.3) is 10.4 Å². The molecule has 0 N–H and O–H groups in total. The smallest absolute Gasteiger partial charge is 0.249 e. The Hall–Kier alpha value is -1.62. The van der Waals surface area contributed by atoms with Crippen LogP contribution in [0.4, 0.5) is 0 Å². The van der Waals surface area contributed by atoms with E-state index in [1.165, 1.54) is 0 Å². The van der Waals surface area contributed by atoms with Crippen LogP contribution < -0.4 is 5.19 Å². The molecule has 0 aliphatic rings. The first-order valence-corrected chi connectivity index (χ1v) is 8.22. The SMILES string of the molecule is CN(C)[Si](C)(C)c1ccccc1C(=O)N=[N+]=[N-]. The zero-order chi connectivity index (χ0) is 13.1. The Labute approximate surface area is 102 Å². The zero-order valence-corrected chi connectivity index (χ0v) is 11.5. The Kier molecular flexibility index (Phi) is 4.06. The number of hydrogen-bond acceptors (Lipinski definition) is 2. The highest BCUT2D eigenvalue weighted by Crippen LogP contribution is 2.11. The third-order valence-corrected chi connectivity index (χ3v) is 7.06. The highest BCUT2D eigenvalue weighted by molar-refractivity contribution is 6.88. The fourth-order valence-electron chi connectivity index (χ4n) is 1.54. The van der Waals surface area contributed by atoms with E-state index in [9.17, 15) is 4.79 Å². The minimum atomic E-state index is -1.86. The largest absolute Gasteiger partial charge is 0.326 e. The topological polar surface area (TPSA) is 69.1 Å². The summed E-state index contributed by atoms with van der Waals surface area (Å²) in [5.74, 6) is -0.509. The van der Waals surface area contributed by atoms with Crippen LogP contribution in [0.2, 0.25) is 13.1 Å². The average molecular weight is 248 g/mol. The molecule has 0 saturated heterocycles. The molecule has 90 valence electrons. The maximum Gasteiger partial charge on any atom is 0.249 e. The van der Waals surface area contributed by atoms with Crippen molar-refractivity contribution in [3.63, 3.8) is 0 Å². The number of benzene rings is 1.